The molecule has 0 unspecified atom stereocenters. The van der Waals surface area contributed by atoms with Crippen LogP contribution in [-0.4, -0.2) is 293 Å². The van der Waals surface area contributed by atoms with Crippen LogP contribution in [0.15, 0.2) is 66.2 Å². The lowest BCUT2D eigenvalue weighted by molar-refractivity contribution is -0.156. The first-order valence-corrected chi connectivity index (χ1v) is 40.0. The molecule has 0 saturated carbocycles. The average molecular weight is 1800 g/mol. The van der Waals surface area contributed by atoms with E-state index in [9.17, 15) is 126 Å². The van der Waals surface area contributed by atoms with Gasteiger partial charge in [-0.05, 0) is 69.3 Å². The number of fused-ring (bicyclic) bond motifs is 1. The number of nitrogens with two attached hydrogens (primary N) is 3. The summed E-state index contributed by atoms with van der Waals surface area (Å²) in [6.45, 7) is 0.443. The Labute approximate surface area is 723 Å². The molecule has 3 heterocycles. The highest BCUT2D eigenvalue weighted by molar-refractivity contribution is 6.05. The van der Waals surface area contributed by atoms with Crippen LogP contribution in [0.25, 0.3) is 10.9 Å². The van der Waals surface area contributed by atoms with Crippen LogP contribution < -0.4 is 86.3 Å². The van der Waals surface area contributed by atoms with Crippen LogP contribution in [0.4, 0.5) is 5.69 Å². The summed E-state index contributed by atoms with van der Waals surface area (Å²) in [7, 11) is 0. The van der Waals surface area contributed by atoms with Crippen molar-refractivity contribution in [3.05, 3.63) is 77.4 Å². The predicted octanol–water partition coefficient (Wildman–Crippen LogP) is -7.03. The zero-order valence-corrected chi connectivity index (χ0v) is 69.6. The van der Waals surface area contributed by atoms with Crippen molar-refractivity contribution >= 4 is 141 Å². The number of amides is 14. The number of aliphatic hydroxyl groups is 5. The monoisotopic (exact) mass is 1800 g/mol. The number of esters is 2. The molecule has 1 aromatic heterocycles. The zero-order chi connectivity index (χ0) is 95.1. The third-order valence-corrected chi connectivity index (χ3v) is 19.3. The van der Waals surface area contributed by atoms with Gasteiger partial charge in [-0.25, -0.2) is 9.59 Å². The highest BCUT2D eigenvalue weighted by Crippen LogP contribution is 2.24. The number of carboxylic acids is 4. The summed E-state index contributed by atoms with van der Waals surface area (Å²) in [4.78, 5) is 287. The van der Waals surface area contributed by atoms with Crippen LogP contribution in [0.1, 0.15) is 146 Å². The smallest absolute Gasteiger partial charge is 0.377 e. The van der Waals surface area contributed by atoms with Crippen LogP contribution in [0.3, 0.4) is 0 Å². The molecule has 2 aliphatic heterocycles. The van der Waals surface area contributed by atoms with E-state index >= 15 is 0 Å². The number of benzene rings is 2. The van der Waals surface area contributed by atoms with Crippen LogP contribution in [0, 0.1) is 5.92 Å². The molecule has 29 N–H and O–H groups in total. The van der Waals surface area contributed by atoms with Crippen molar-refractivity contribution in [2.75, 3.05) is 38.6 Å². The maximum atomic E-state index is 14.8. The number of Topliss-reactive ketones (excluding diaryl/α,β-unsaturated/α-hetero) is 1. The maximum Gasteiger partial charge on any atom is 0.377 e. The van der Waals surface area contributed by atoms with Gasteiger partial charge in [-0.15, -0.1) is 0 Å². The van der Waals surface area contributed by atoms with E-state index in [1.54, 1.807) is 30.5 Å². The van der Waals surface area contributed by atoms with Gasteiger partial charge in [0.25, 0.3) is 0 Å². The van der Waals surface area contributed by atoms with Gasteiger partial charge >= 0.3 is 35.8 Å². The molecule has 2 aliphatic rings. The number of anilines is 1. The number of aromatic nitrogens is 1. The Morgan fingerprint density at radius 3 is 1.68 bits per heavy atom. The molecule has 14 amide bonds. The number of aliphatic carboxylic acids is 4. The fourth-order valence-electron chi connectivity index (χ4n) is 12.6. The summed E-state index contributed by atoms with van der Waals surface area (Å²) >= 11 is 0. The molecule has 3 aromatic rings. The second-order valence-corrected chi connectivity index (χ2v) is 29.6. The molecule has 0 radical (unpaired) electrons. The Morgan fingerprint density at radius 2 is 1.10 bits per heavy atom. The second kappa shape index (κ2) is 52.6. The van der Waals surface area contributed by atoms with Gasteiger partial charge in [-0.3, -0.25) is 91.1 Å². The van der Waals surface area contributed by atoms with Crippen LogP contribution in [0.5, 0.6) is 0 Å². The summed E-state index contributed by atoms with van der Waals surface area (Å²) in [5, 5.41) is 114. The quantitative estimate of drug-likeness (QED) is 0.0110. The summed E-state index contributed by atoms with van der Waals surface area (Å²) in [5.41, 5.74) is 18.1. The Bertz CT molecular complexity index is 4520. The minimum Gasteiger partial charge on any atom is -0.505 e. The van der Waals surface area contributed by atoms with Gasteiger partial charge in [0, 0.05) is 47.6 Å². The minimum atomic E-state index is -2.45. The van der Waals surface area contributed by atoms with E-state index in [0.717, 1.165) is 52.9 Å². The number of primary amides is 1. The van der Waals surface area contributed by atoms with Gasteiger partial charge in [-0.1, -0.05) is 82.7 Å². The number of H-pyrrole nitrogens is 1. The number of ether oxygens (including phenoxy) is 2. The topological polar surface area (TPSA) is 809 Å². The zero-order valence-electron chi connectivity index (χ0n) is 69.6. The lowest BCUT2D eigenvalue weighted by atomic mass is 9.96. The summed E-state index contributed by atoms with van der Waals surface area (Å²) in [5.74, 6) is -32.5. The van der Waals surface area contributed by atoms with Gasteiger partial charge in [-0.2, -0.15) is 0 Å². The number of para-hydroxylation sites is 2. The normalized spacial score (nSPS) is 21.6. The lowest BCUT2D eigenvalue weighted by Gasteiger charge is -2.30. The van der Waals surface area contributed by atoms with Crippen molar-refractivity contribution in [2.45, 2.75) is 222 Å². The van der Waals surface area contributed by atoms with Gasteiger partial charge < -0.3 is 147 Å². The number of ketones is 1. The number of carbonyl (C=O) groups excluding carboxylic acids is 17. The number of nitrogens with one attached hydrogen (secondary N) is 14. The first-order valence-electron chi connectivity index (χ1n) is 40.0. The fourth-order valence-corrected chi connectivity index (χ4v) is 12.6. The number of rotatable bonds is 37. The van der Waals surface area contributed by atoms with Crippen molar-refractivity contribution in [2.24, 2.45) is 17.4 Å². The molecule has 2 aromatic carbocycles. The van der Waals surface area contributed by atoms with Crippen LogP contribution in [0.2, 0.25) is 0 Å². The number of hydrogen-bond donors (Lipinski definition) is 26. The first-order chi connectivity index (χ1) is 59.9. The van der Waals surface area contributed by atoms with Gasteiger partial charge in [0.15, 0.2) is 17.6 Å². The number of cyclic esters (lactones) is 2. The summed E-state index contributed by atoms with van der Waals surface area (Å²) in [6, 6.07) is -10.5. The van der Waals surface area contributed by atoms with Crippen molar-refractivity contribution in [1.29, 1.82) is 0 Å². The third kappa shape index (κ3) is 35.3. The number of aliphatic hydroxyl groups excluding tert-OH is 5. The van der Waals surface area contributed by atoms with Crippen molar-refractivity contribution in [3.63, 3.8) is 0 Å². The maximum absolute atomic E-state index is 14.8. The summed E-state index contributed by atoms with van der Waals surface area (Å²) < 4.78 is 10.00. The predicted molar refractivity (Wildman–Crippen MR) is 436 cm³/mol. The Balaban J connectivity index is 0.00000258. The largest absolute Gasteiger partial charge is 0.505 e. The van der Waals surface area contributed by atoms with E-state index in [2.05, 4.69) is 69.8 Å². The van der Waals surface area contributed by atoms with Gasteiger partial charge in [0.05, 0.1) is 58.4 Å². The molecule has 0 spiro atoms. The Kier molecular flexibility index (Phi) is 43.6. The van der Waals surface area contributed by atoms with E-state index in [4.69, 9.17) is 42.4 Å². The van der Waals surface area contributed by atoms with E-state index in [0.29, 0.717) is 29.3 Å². The second-order valence-electron chi connectivity index (χ2n) is 29.6. The number of carboxylic acid groups (broad SMARTS) is 4. The molecule has 49 nitrogen and oxygen atoms in total. The number of nitrogen functional groups attached to an aromatic ring is 1. The molecule has 127 heavy (non-hydrogen) atoms. The summed E-state index contributed by atoms with van der Waals surface area (Å²) in [6.07, 6.45) is -5.11. The molecule has 1 saturated heterocycles. The van der Waals surface area contributed by atoms with Gasteiger partial charge in [0.2, 0.25) is 88.5 Å². The van der Waals surface area contributed by atoms with E-state index in [-0.39, 0.29) is 37.1 Å². The average Bonchev–Trinajstić information content (AvgIpc) is 1.79. The molecule has 15 atom stereocenters. The van der Waals surface area contributed by atoms with Crippen molar-refractivity contribution in [1.82, 2.24) is 74.1 Å². The lowest BCUT2D eigenvalue weighted by Crippen LogP contribution is -2.62. The molecule has 1 fully saturated rings. The van der Waals surface area contributed by atoms with E-state index in [1.165, 1.54) is 24.3 Å². The molecule has 49 heteroatoms. The highest BCUT2D eigenvalue weighted by Gasteiger charge is 2.43. The standard InChI is InChI=1S/C72H101N17O26.C6H8O6/c1-5-6-7-8-9-10-11-22-53(93)81-44(25-38-31-76-42-20-15-13-17-39(38)42)66(108)84-45(27-52(75)92)67(109)86-48(30-59(102)103)68(110)89-61-37(4)115-72(114)49(26-51(91)40-18-12-14-19-41(40)74)87-71(113)60(35(2)24-56(96)97)88-69(111)50(34-90)82-55(95)32-77-63(105)46(28-57(98)99)83-62(104)36(3)79-65(107)47(29-58(100)101)85-64(106)43(21-16-23-73)80-54(94)33-78-70(61)112;7-1-2(8)5-3(9)4(10)6(11)12-5/h12-15,17-20,31,35-37,43-50,60-61,76,90H,5-11,16,21-30,32-34,73-74H2,1-4H3,(H2,75,92)(H,77,105)(H,78,112)(H,79,107)(H,80,94)(H,81,93)(H,82,95)(H,83,104)(H,84,108)(H,85,106)(H,86,109)(H,87,113)(H,88,111)(H,89,110)(H,96,97)(H,98,99)(H,100,101)(H,102,103);2,5,7-10H,1H2/t35-,36-,37-,43+,44+,45+,46+,47+,48+,49+,50-,60+,61+;2-,5+/m10/s1. The molecular formula is C78H109N17O32. The number of carbonyl (C=O) groups is 21. The molecular weight excluding hydrogens is 1690 g/mol. The Morgan fingerprint density at radius 1 is 0.559 bits per heavy atom. The van der Waals surface area contributed by atoms with Crippen molar-refractivity contribution in [3.8, 4) is 0 Å². The number of aromatic amines is 1. The molecule has 0 bridgehead atoms. The minimum absolute atomic E-state index is 0.0186. The molecule has 5 rings (SSSR count). The SMILES string of the molecule is CCCCCCCCCC(=O)N[C@@H](Cc1c[nH]c2ccccc12)C(=O)N[C@@H](CC(N)=O)C(=O)N[C@@H](CC(=O)O)C(=O)N[C@@H]1C(=O)NCC(=O)N[C@@H](CCCN)C(=O)N[C@@H](CC(=O)O)C(=O)N[C@H](C)C(=O)N[C@@H](CC(=O)O)C(=O)NCC(=O)N[C@H](CO)C(=O)N[C@@H]([C@H](C)CC(=O)O)C(=O)N[C@@H](CC(=O)c2ccccc2N)C(=O)O[C@@H]1C.O=C1O[C@H]([C@@H](O)CO)C(O)=C1O. The Hall–Kier alpha value is -14.0. The van der Waals surface area contributed by atoms with Gasteiger partial charge in [0.1, 0.15) is 78.7 Å². The van der Waals surface area contributed by atoms with E-state index < -0.39 is 298 Å². The molecule has 698 valence electrons. The van der Waals surface area contributed by atoms with Crippen LogP contribution >= 0.6 is 0 Å². The highest BCUT2D eigenvalue weighted by atomic mass is 16.6. The van der Waals surface area contributed by atoms with E-state index in [1.807, 2.05) is 16.0 Å². The molecule has 0 aliphatic carbocycles. The number of hydrogen-bond acceptors (Lipinski definition) is 30. The fraction of sp³-hybridized carbons (Fsp3) is 0.526. The van der Waals surface area contributed by atoms with Crippen molar-refractivity contribution < 1.29 is 156 Å². The number of unbranched alkanes of at least 4 members (excludes halogenated alkanes) is 6. The van der Waals surface area contributed by atoms with Crippen LogP contribution in [-0.2, 0) is 112 Å². The third-order valence-electron chi connectivity index (χ3n) is 19.3. The first kappa shape index (κ1) is 105.